The molecular formula is C21H21Cl2N5O. The Balaban J connectivity index is 1.35. The van der Waals surface area contributed by atoms with Gasteiger partial charge in [0.05, 0.1) is 16.9 Å². The Morgan fingerprint density at radius 1 is 1.21 bits per heavy atom. The molecule has 2 aromatic carbocycles. The number of aromatic nitrogens is 3. The summed E-state index contributed by atoms with van der Waals surface area (Å²) in [7, 11) is 0. The van der Waals surface area contributed by atoms with Gasteiger partial charge in [0.25, 0.3) is 5.91 Å². The molecule has 150 valence electrons. The SMILES string of the molecule is Cc1ccc(Cl)cc1N1CCC(CNC(=O)c2cn(-c3ccccc3Cl)nn2)C1. The minimum atomic E-state index is -0.235. The smallest absolute Gasteiger partial charge is 0.273 e. The molecule has 4 rings (SSSR count). The van der Waals surface area contributed by atoms with E-state index in [-0.39, 0.29) is 11.6 Å². The molecule has 0 bridgehead atoms. The van der Waals surface area contributed by atoms with Gasteiger partial charge in [0, 0.05) is 30.3 Å². The van der Waals surface area contributed by atoms with E-state index in [1.54, 1.807) is 12.3 Å². The molecule has 0 aliphatic carbocycles. The largest absolute Gasteiger partial charge is 0.371 e. The lowest BCUT2D eigenvalue weighted by Gasteiger charge is -2.21. The highest BCUT2D eigenvalue weighted by molar-refractivity contribution is 6.32. The summed E-state index contributed by atoms with van der Waals surface area (Å²) in [6, 6.07) is 13.2. The van der Waals surface area contributed by atoms with Gasteiger partial charge < -0.3 is 10.2 Å². The summed E-state index contributed by atoms with van der Waals surface area (Å²) in [4.78, 5) is 14.8. The molecular weight excluding hydrogens is 409 g/mol. The van der Waals surface area contributed by atoms with Crippen LogP contribution in [0.3, 0.4) is 0 Å². The zero-order valence-corrected chi connectivity index (χ0v) is 17.5. The molecule has 8 heteroatoms. The summed E-state index contributed by atoms with van der Waals surface area (Å²) >= 11 is 12.3. The summed E-state index contributed by atoms with van der Waals surface area (Å²) in [5, 5.41) is 12.3. The Morgan fingerprint density at radius 2 is 2.03 bits per heavy atom. The van der Waals surface area contributed by atoms with Crippen LogP contribution >= 0.6 is 23.2 Å². The summed E-state index contributed by atoms with van der Waals surface area (Å²) in [5.41, 5.74) is 3.32. The lowest BCUT2D eigenvalue weighted by atomic mass is 10.1. The Labute approximate surface area is 179 Å². The van der Waals surface area contributed by atoms with Gasteiger partial charge >= 0.3 is 0 Å². The van der Waals surface area contributed by atoms with Gasteiger partial charge in [0.1, 0.15) is 0 Å². The number of rotatable bonds is 5. The van der Waals surface area contributed by atoms with Crippen molar-refractivity contribution in [1.29, 1.82) is 0 Å². The first kappa shape index (κ1) is 19.7. The Bertz CT molecular complexity index is 1040. The molecule has 1 aromatic heterocycles. The molecule has 0 radical (unpaired) electrons. The van der Waals surface area contributed by atoms with E-state index in [0.717, 1.165) is 30.2 Å². The number of hydrogen-bond donors (Lipinski definition) is 1. The number of benzene rings is 2. The second kappa shape index (κ2) is 8.43. The average molecular weight is 430 g/mol. The fourth-order valence-electron chi connectivity index (χ4n) is 3.59. The standard InChI is InChI=1S/C21H21Cl2N5O/c1-14-6-7-16(22)10-20(14)27-9-8-15(12-27)11-24-21(29)18-13-28(26-25-18)19-5-3-2-4-17(19)23/h2-7,10,13,15H,8-9,11-12H2,1H3,(H,24,29). The first-order chi connectivity index (χ1) is 14.0. The van der Waals surface area contributed by atoms with Crippen LogP contribution in [0.25, 0.3) is 5.69 Å². The van der Waals surface area contributed by atoms with Crippen molar-refractivity contribution in [2.45, 2.75) is 13.3 Å². The Hall–Kier alpha value is -2.57. The van der Waals surface area contributed by atoms with Gasteiger partial charge in [0.15, 0.2) is 5.69 Å². The molecule has 6 nitrogen and oxygen atoms in total. The highest BCUT2D eigenvalue weighted by atomic mass is 35.5. The van der Waals surface area contributed by atoms with Crippen molar-refractivity contribution in [2.24, 2.45) is 5.92 Å². The Morgan fingerprint density at radius 3 is 2.86 bits per heavy atom. The molecule has 0 spiro atoms. The van der Waals surface area contributed by atoms with E-state index in [1.807, 2.05) is 36.4 Å². The number of carbonyl (C=O) groups is 1. The number of anilines is 1. The maximum absolute atomic E-state index is 12.5. The minimum Gasteiger partial charge on any atom is -0.371 e. The zero-order valence-electron chi connectivity index (χ0n) is 16.0. The Kier molecular flexibility index (Phi) is 5.74. The fraction of sp³-hybridized carbons (Fsp3) is 0.286. The first-order valence-corrected chi connectivity index (χ1v) is 10.2. The number of halogens is 2. The van der Waals surface area contributed by atoms with Crippen molar-refractivity contribution in [3.05, 3.63) is 70.0 Å². The number of nitrogens with zero attached hydrogens (tertiary/aromatic N) is 4. The summed E-state index contributed by atoms with van der Waals surface area (Å²) in [6.07, 6.45) is 2.60. The normalized spacial score (nSPS) is 16.2. The molecule has 1 fully saturated rings. The van der Waals surface area contributed by atoms with Crippen LogP contribution in [0.4, 0.5) is 5.69 Å². The van der Waals surface area contributed by atoms with E-state index in [2.05, 4.69) is 27.5 Å². The van der Waals surface area contributed by atoms with Gasteiger partial charge in [-0.15, -0.1) is 5.10 Å². The number of amides is 1. The van der Waals surface area contributed by atoms with Crippen molar-refractivity contribution in [3.8, 4) is 5.69 Å². The van der Waals surface area contributed by atoms with Gasteiger partial charge in [0.2, 0.25) is 0 Å². The number of nitrogens with one attached hydrogen (secondary N) is 1. The average Bonchev–Trinajstić information content (AvgIpc) is 3.38. The van der Waals surface area contributed by atoms with Crippen LogP contribution < -0.4 is 10.2 Å². The van der Waals surface area contributed by atoms with Gasteiger partial charge in [-0.1, -0.05) is 46.6 Å². The third-order valence-electron chi connectivity index (χ3n) is 5.17. The van der Waals surface area contributed by atoms with Crippen LogP contribution in [0, 0.1) is 12.8 Å². The molecule has 2 heterocycles. The van der Waals surface area contributed by atoms with Gasteiger partial charge in [-0.3, -0.25) is 4.79 Å². The minimum absolute atomic E-state index is 0.235. The predicted octanol–water partition coefficient (Wildman–Crippen LogP) is 4.14. The van der Waals surface area contributed by atoms with Crippen LogP contribution in [-0.4, -0.2) is 40.5 Å². The van der Waals surface area contributed by atoms with Crippen LogP contribution in [0.5, 0.6) is 0 Å². The number of aryl methyl sites for hydroxylation is 1. The van der Waals surface area contributed by atoms with E-state index >= 15 is 0 Å². The first-order valence-electron chi connectivity index (χ1n) is 9.48. The van der Waals surface area contributed by atoms with Crippen molar-refractivity contribution in [1.82, 2.24) is 20.3 Å². The van der Waals surface area contributed by atoms with Gasteiger partial charge in [-0.2, -0.15) is 0 Å². The van der Waals surface area contributed by atoms with E-state index in [9.17, 15) is 4.79 Å². The summed E-state index contributed by atoms with van der Waals surface area (Å²) in [6.45, 7) is 4.51. The second-order valence-corrected chi connectivity index (χ2v) is 8.08. The van der Waals surface area contributed by atoms with Crippen molar-refractivity contribution >= 4 is 34.8 Å². The molecule has 1 N–H and O–H groups in total. The molecule has 1 unspecified atom stereocenters. The van der Waals surface area contributed by atoms with Crippen molar-refractivity contribution in [2.75, 3.05) is 24.5 Å². The van der Waals surface area contributed by atoms with Crippen LogP contribution in [0.1, 0.15) is 22.5 Å². The van der Waals surface area contributed by atoms with E-state index in [0.29, 0.717) is 23.2 Å². The maximum atomic E-state index is 12.5. The number of para-hydroxylation sites is 1. The molecule has 1 atom stereocenters. The molecule has 1 amide bonds. The quantitative estimate of drug-likeness (QED) is 0.661. The summed E-state index contributed by atoms with van der Waals surface area (Å²) < 4.78 is 1.51. The van der Waals surface area contributed by atoms with Crippen LogP contribution in [0.15, 0.2) is 48.7 Å². The number of carbonyl (C=O) groups excluding carboxylic acids is 1. The van der Waals surface area contributed by atoms with Crippen molar-refractivity contribution < 1.29 is 4.79 Å². The maximum Gasteiger partial charge on any atom is 0.273 e. The highest BCUT2D eigenvalue weighted by Crippen LogP contribution is 2.29. The number of hydrogen-bond acceptors (Lipinski definition) is 4. The molecule has 1 aliphatic heterocycles. The molecule has 1 saturated heterocycles. The van der Waals surface area contributed by atoms with Crippen molar-refractivity contribution in [3.63, 3.8) is 0 Å². The summed E-state index contributed by atoms with van der Waals surface area (Å²) in [5.74, 6) is 0.136. The fourth-order valence-corrected chi connectivity index (χ4v) is 3.98. The van der Waals surface area contributed by atoms with E-state index < -0.39 is 0 Å². The van der Waals surface area contributed by atoms with Gasteiger partial charge in [-0.05, 0) is 49.1 Å². The van der Waals surface area contributed by atoms with Gasteiger partial charge in [-0.25, -0.2) is 4.68 Å². The van der Waals surface area contributed by atoms with Crippen LogP contribution in [0.2, 0.25) is 10.0 Å². The third kappa shape index (κ3) is 4.38. The topological polar surface area (TPSA) is 63.1 Å². The predicted molar refractivity (Wildman–Crippen MR) is 115 cm³/mol. The third-order valence-corrected chi connectivity index (χ3v) is 5.73. The van der Waals surface area contributed by atoms with E-state index in [1.165, 1.54) is 10.2 Å². The molecule has 0 saturated carbocycles. The molecule has 1 aliphatic rings. The highest BCUT2D eigenvalue weighted by Gasteiger charge is 2.25. The molecule has 29 heavy (non-hydrogen) atoms. The monoisotopic (exact) mass is 429 g/mol. The lowest BCUT2D eigenvalue weighted by molar-refractivity contribution is 0.0943. The van der Waals surface area contributed by atoms with E-state index in [4.69, 9.17) is 23.2 Å². The second-order valence-electron chi connectivity index (χ2n) is 7.24. The molecule has 3 aromatic rings. The van der Waals surface area contributed by atoms with Crippen LogP contribution in [-0.2, 0) is 0 Å². The lowest BCUT2D eigenvalue weighted by Crippen LogP contribution is -2.31. The zero-order chi connectivity index (χ0) is 20.4.